The van der Waals surface area contributed by atoms with Crippen molar-refractivity contribution in [1.29, 1.82) is 0 Å². The molecule has 0 aliphatic heterocycles. The molecule has 1 heterocycles. The Kier molecular flexibility index (Phi) is 4.06. The highest BCUT2D eigenvalue weighted by Gasteiger charge is 2.31. The maximum Gasteiger partial charge on any atom is 0.416 e. The summed E-state index contributed by atoms with van der Waals surface area (Å²) in [6, 6.07) is 9.01. The molecule has 1 N–H and O–H groups in total. The smallest absolute Gasteiger partial charge is 0.355 e. The minimum Gasteiger partial charge on any atom is -0.355 e. The summed E-state index contributed by atoms with van der Waals surface area (Å²) in [5.74, 6) is 0. The molecule has 3 rings (SSSR count). The first-order chi connectivity index (χ1) is 11.6. The maximum atomic E-state index is 12.8. The predicted molar refractivity (Wildman–Crippen MR) is 81.5 cm³/mol. The van der Waals surface area contributed by atoms with Crippen molar-refractivity contribution in [1.82, 2.24) is 4.98 Å². The molecule has 0 spiro atoms. The lowest BCUT2D eigenvalue weighted by Crippen LogP contribution is -2.05. The molecule has 0 atom stereocenters. The fourth-order valence-corrected chi connectivity index (χ4v) is 2.33. The summed E-state index contributed by atoms with van der Waals surface area (Å²) in [5.41, 5.74) is -0.655. The van der Waals surface area contributed by atoms with Crippen molar-refractivity contribution < 1.29 is 26.3 Å². The summed E-state index contributed by atoms with van der Waals surface area (Å²) in [6.07, 6.45) is -7.59. The SMILES string of the molecule is FC(F)(F)c1ccc(Nc2ccnc3cc(C(F)(F)F)ccc23)cc1. The zero-order chi connectivity index (χ0) is 18.2. The number of fused-ring (bicyclic) bond motifs is 1. The molecule has 0 aliphatic rings. The maximum absolute atomic E-state index is 12.8. The third kappa shape index (κ3) is 3.67. The van der Waals surface area contributed by atoms with Gasteiger partial charge in [-0.3, -0.25) is 4.98 Å². The number of alkyl halides is 6. The number of rotatable bonds is 2. The average Bonchev–Trinajstić information content (AvgIpc) is 2.53. The van der Waals surface area contributed by atoms with Gasteiger partial charge in [0.05, 0.1) is 16.6 Å². The largest absolute Gasteiger partial charge is 0.416 e. The monoisotopic (exact) mass is 356 g/mol. The van der Waals surface area contributed by atoms with Gasteiger partial charge < -0.3 is 5.32 Å². The van der Waals surface area contributed by atoms with E-state index in [0.717, 1.165) is 24.3 Å². The molecule has 0 amide bonds. The van der Waals surface area contributed by atoms with E-state index in [-0.39, 0.29) is 5.52 Å². The number of hydrogen-bond donors (Lipinski definition) is 1. The van der Waals surface area contributed by atoms with Gasteiger partial charge in [-0.05, 0) is 42.5 Å². The van der Waals surface area contributed by atoms with Gasteiger partial charge in [0, 0.05) is 23.0 Å². The summed E-state index contributed by atoms with van der Waals surface area (Å²) in [6.45, 7) is 0. The van der Waals surface area contributed by atoms with Crippen LogP contribution in [0.2, 0.25) is 0 Å². The number of benzene rings is 2. The van der Waals surface area contributed by atoms with Crippen LogP contribution < -0.4 is 5.32 Å². The van der Waals surface area contributed by atoms with Crippen LogP contribution in [0.4, 0.5) is 37.7 Å². The molecule has 2 nitrogen and oxygen atoms in total. The fraction of sp³-hybridized carbons (Fsp3) is 0.118. The number of aromatic nitrogens is 1. The van der Waals surface area contributed by atoms with Crippen molar-refractivity contribution in [2.75, 3.05) is 5.32 Å². The molecule has 3 aromatic rings. The highest BCUT2D eigenvalue weighted by Crippen LogP contribution is 2.34. The lowest BCUT2D eigenvalue weighted by molar-refractivity contribution is -0.138. The van der Waals surface area contributed by atoms with E-state index in [0.29, 0.717) is 16.8 Å². The van der Waals surface area contributed by atoms with Gasteiger partial charge in [0.25, 0.3) is 0 Å². The first-order valence-corrected chi connectivity index (χ1v) is 7.05. The molecule has 0 saturated heterocycles. The Hall–Kier alpha value is -2.77. The van der Waals surface area contributed by atoms with E-state index >= 15 is 0 Å². The zero-order valence-corrected chi connectivity index (χ0v) is 12.4. The minimum atomic E-state index is -4.48. The van der Waals surface area contributed by atoms with Crippen LogP contribution in [0.25, 0.3) is 10.9 Å². The van der Waals surface area contributed by atoms with Crippen molar-refractivity contribution in [3.8, 4) is 0 Å². The van der Waals surface area contributed by atoms with E-state index in [1.54, 1.807) is 0 Å². The quantitative estimate of drug-likeness (QED) is 0.568. The van der Waals surface area contributed by atoms with Gasteiger partial charge in [-0.2, -0.15) is 26.3 Å². The molecule has 1 aromatic heterocycles. The molecule has 2 aromatic carbocycles. The zero-order valence-electron chi connectivity index (χ0n) is 12.4. The van der Waals surface area contributed by atoms with Crippen molar-refractivity contribution in [2.24, 2.45) is 0 Å². The van der Waals surface area contributed by atoms with Crippen LogP contribution in [-0.2, 0) is 12.4 Å². The Labute approximate surface area is 138 Å². The van der Waals surface area contributed by atoms with Crippen LogP contribution in [0.3, 0.4) is 0 Å². The molecule has 0 saturated carbocycles. The van der Waals surface area contributed by atoms with Gasteiger partial charge in [0.15, 0.2) is 0 Å². The van der Waals surface area contributed by atoms with Gasteiger partial charge in [0.1, 0.15) is 0 Å². The molecule has 0 unspecified atom stereocenters. The van der Waals surface area contributed by atoms with Crippen molar-refractivity contribution >= 4 is 22.3 Å². The number of anilines is 2. The average molecular weight is 356 g/mol. The number of halogens is 6. The number of nitrogens with one attached hydrogen (secondary N) is 1. The second-order valence-electron chi connectivity index (χ2n) is 5.29. The highest BCUT2D eigenvalue weighted by atomic mass is 19.4. The molecule has 0 bridgehead atoms. The first kappa shape index (κ1) is 17.1. The van der Waals surface area contributed by atoms with Gasteiger partial charge in [-0.15, -0.1) is 0 Å². The topological polar surface area (TPSA) is 24.9 Å². The van der Waals surface area contributed by atoms with E-state index in [9.17, 15) is 26.3 Å². The Morgan fingerprint density at radius 3 is 1.92 bits per heavy atom. The van der Waals surface area contributed by atoms with Crippen LogP contribution in [0.5, 0.6) is 0 Å². The molecule has 8 heteroatoms. The standard InChI is InChI=1S/C17H10F6N2/c18-16(19,20)10-1-4-12(5-2-10)25-14-7-8-24-15-9-11(17(21,22)23)3-6-13(14)15/h1-9H,(H,24,25). The second-order valence-corrected chi connectivity index (χ2v) is 5.29. The van der Waals surface area contributed by atoms with Crippen LogP contribution in [0, 0.1) is 0 Å². The van der Waals surface area contributed by atoms with Crippen LogP contribution in [-0.4, -0.2) is 4.98 Å². The van der Waals surface area contributed by atoms with Gasteiger partial charge in [-0.25, -0.2) is 0 Å². The lowest BCUT2D eigenvalue weighted by atomic mass is 10.1. The van der Waals surface area contributed by atoms with E-state index in [4.69, 9.17) is 0 Å². The van der Waals surface area contributed by atoms with Gasteiger partial charge in [-0.1, -0.05) is 6.07 Å². The highest BCUT2D eigenvalue weighted by molar-refractivity contribution is 5.93. The van der Waals surface area contributed by atoms with Crippen molar-refractivity contribution in [3.63, 3.8) is 0 Å². The van der Waals surface area contributed by atoms with Crippen LogP contribution in [0.15, 0.2) is 54.7 Å². The van der Waals surface area contributed by atoms with Crippen LogP contribution in [0.1, 0.15) is 11.1 Å². The van der Waals surface area contributed by atoms with Gasteiger partial charge >= 0.3 is 12.4 Å². The lowest BCUT2D eigenvalue weighted by Gasteiger charge is -2.12. The van der Waals surface area contributed by atoms with Gasteiger partial charge in [0.2, 0.25) is 0 Å². The summed E-state index contributed by atoms with van der Waals surface area (Å²) < 4.78 is 76.0. The summed E-state index contributed by atoms with van der Waals surface area (Å²) in [7, 11) is 0. The fourth-order valence-electron chi connectivity index (χ4n) is 2.33. The van der Waals surface area contributed by atoms with E-state index in [1.807, 2.05) is 0 Å². The predicted octanol–water partition coefficient (Wildman–Crippen LogP) is 6.02. The van der Waals surface area contributed by atoms with Crippen molar-refractivity contribution in [3.05, 3.63) is 65.9 Å². The normalized spacial score (nSPS) is 12.4. The Morgan fingerprint density at radius 1 is 0.720 bits per heavy atom. The van der Waals surface area contributed by atoms with Crippen LogP contribution >= 0.6 is 0 Å². The molecular formula is C17H10F6N2. The second kappa shape index (κ2) is 5.94. The molecule has 0 aliphatic carbocycles. The van der Waals surface area contributed by atoms with E-state index in [1.165, 1.54) is 30.5 Å². The Bertz CT molecular complexity index is 898. The molecule has 0 radical (unpaired) electrons. The number of nitrogens with zero attached hydrogens (tertiary/aromatic N) is 1. The molecule has 130 valence electrons. The third-order valence-corrected chi connectivity index (χ3v) is 3.56. The molecule has 25 heavy (non-hydrogen) atoms. The number of pyridine rings is 1. The summed E-state index contributed by atoms with van der Waals surface area (Å²) in [5, 5.41) is 3.32. The number of hydrogen-bond acceptors (Lipinski definition) is 2. The van der Waals surface area contributed by atoms with E-state index in [2.05, 4.69) is 10.3 Å². The summed E-state index contributed by atoms with van der Waals surface area (Å²) >= 11 is 0. The molecule has 0 fully saturated rings. The van der Waals surface area contributed by atoms with Crippen molar-refractivity contribution in [2.45, 2.75) is 12.4 Å². The summed E-state index contributed by atoms with van der Waals surface area (Å²) in [4.78, 5) is 3.92. The molecular weight excluding hydrogens is 346 g/mol. The first-order valence-electron chi connectivity index (χ1n) is 7.05. The van der Waals surface area contributed by atoms with E-state index < -0.39 is 23.5 Å². The minimum absolute atomic E-state index is 0.131. The Morgan fingerprint density at radius 2 is 1.32 bits per heavy atom. The third-order valence-electron chi connectivity index (χ3n) is 3.56. The Balaban J connectivity index is 1.94.